The minimum atomic E-state index is 0.0278. The molecule has 0 radical (unpaired) electrons. The minimum absolute atomic E-state index is 0.0278. The zero-order valence-corrected chi connectivity index (χ0v) is 7.55. The molecule has 3 heteroatoms. The second-order valence-electron chi connectivity index (χ2n) is 2.57. The monoisotopic (exact) mass is 158 g/mol. The normalized spacial score (nSPS) is 29.1. The van der Waals surface area contributed by atoms with Crippen LogP contribution in [0.2, 0.25) is 0 Å². The van der Waals surface area contributed by atoms with Crippen molar-refractivity contribution in [1.82, 2.24) is 5.32 Å². The van der Waals surface area contributed by atoms with E-state index < -0.39 is 0 Å². The lowest BCUT2D eigenvalue weighted by molar-refractivity contribution is -0.118. The number of carbonyl (C=O) groups excluding carboxylic acids is 1. The highest BCUT2D eigenvalue weighted by atomic mass is 16.1. The van der Waals surface area contributed by atoms with Crippen molar-refractivity contribution in [3.63, 3.8) is 0 Å². The Labute approximate surface area is 68.3 Å². The maximum absolute atomic E-state index is 10.7. The highest BCUT2D eigenvalue weighted by molar-refractivity contribution is 5.81. The van der Waals surface area contributed by atoms with Crippen LogP contribution < -0.4 is 11.1 Å². The van der Waals surface area contributed by atoms with Gasteiger partial charge in [-0.25, -0.2) is 0 Å². The van der Waals surface area contributed by atoms with E-state index in [0.29, 0.717) is 0 Å². The van der Waals surface area contributed by atoms with Crippen LogP contribution in [0.5, 0.6) is 0 Å². The van der Waals surface area contributed by atoms with Gasteiger partial charge in [-0.1, -0.05) is 13.8 Å². The van der Waals surface area contributed by atoms with Crippen molar-refractivity contribution in [3.05, 3.63) is 0 Å². The molecule has 1 heterocycles. The van der Waals surface area contributed by atoms with Crippen molar-refractivity contribution in [1.29, 1.82) is 0 Å². The van der Waals surface area contributed by atoms with Gasteiger partial charge in [-0.15, -0.1) is 0 Å². The van der Waals surface area contributed by atoms with Gasteiger partial charge in [-0.2, -0.15) is 0 Å². The molecule has 11 heavy (non-hydrogen) atoms. The molecule has 1 aliphatic rings. The average Bonchev–Trinajstić information content (AvgIpc) is 2.40. The molecule has 1 saturated heterocycles. The highest BCUT2D eigenvalue weighted by Gasteiger charge is 2.23. The molecule has 0 spiro atoms. The van der Waals surface area contributed by atoms with E-state index >= 15 is 0 Å². The lowest BCUT2D eigenvalue weighted by Crippen LogP contribution is -2.28. The standard InChI is InChI=1S/C6H12N2O.C2H6/c1-4(9)6-2-5(7)3-8-6;1-2/h5-6,8H,2-3,7H2,1H3;1-2H3/t5-,6?;/m1./s1. The third-order valence-electron chi connectivity index (χ3n) is 1.66. The molecule has 66 valence electrons. The van der Waals surface area contributed by atoms with Crippen molar-refractivity contribution < 1.29 is 4.79 Å². The molecule has 0 aliphatic carbocycles. The van der Waals surface area contributed by atoms with E-state index in [1.165, 1.54) is 0 Å². The minimum Gasteiger partial charge on any atom is -0.326 e. The van der Waals surface area contributed by atoms with Crippen LogP contribution in [-0.4, -0.2) is 24.4 Å². The fourth-order valence-corrected chi connectivity index (χ4v) is 1.07. The Kier molecular flexibility index (Phi) is 5.07. The van der Waals surface area contributed by atoms with Crippen molar-refractivity contribution in [2.75, 3.05) is 6.54 Å². The fraction of sp³-hybridized carbons (Fsp3) is 0.875. The van der Waals surface area contributed by atoms with Crippen LogP contribution in [0.15, 0.2) is 0 Å². The molecule has 0 aromatic heterocycles. The van der Waals surface area contributed by atoms with Gasteiger partial charge < -0.3 is 11.1 Å². The van der Waals surface area contributed by atoms with Gasteiger partial charge in [-0.3, -0.25) is 4.79 Å². The van der Waals surface area contributed by atoms with Crippen LogP contribution in [0.4, 0.5) is 0 Å². The first-order chi connectivity index (χ1) is 5.20. The van der Waals surface area contributed by atoms with Crippen LogP contribution in [-0.2, 0) is 4.79 Å². The van der Waals surface area contributed by atoms with Crippen molar-refractivity contribution in [3.8, 4) is 0 Å². The van der Waals surface area contributed by atoms with Gasteiger partial charge in [0, 0.05) is 12.6 Å². The van der Waals surface area contributed by atoms with Crippen molar-refractivity contribution in [2.45, 2.75) is 39.3 Å². The molecule has 1 fully saturated rings. The molecular formula is C8H18N2O. The number of hydrogen-bond donors (Lipinski definition) is 2. The molecule has 0 aromatic rings. The van der Waals surface area contributed by atoms with Crippen molar-refractivity contribution in [2.24, 2.45) is 5.73 Å². The molecule has 0 saturated carbocycles. The smallest absolute Gasteiger partial charge is 0.146 e. The summed E-state index contributed by atoms with van der Waals surface area (Å²) in [7, 11) is 0. The summed E-state index contributed by atoms with van der Waals surface area (Å²) in [6.45, 7) is 6.37. The summed E-state index contributed by atoms with van der Waals surface area (Å²) in [6, 6.07) is 0.207. The van der Waals surface area contributed by atoms with E-state index in [0.717, 1.165) is 13.0 Å². The Balaban J connectivity index is 0.000000461. The number of hydrogen-bond acceptors (Lipinski definition) is 3. The third-order valence-corrected chi connectivity index (χ3v) is 1.66. The number of rotatable bonds is 1. The first-order valence-electron chi connectivity index (χ1n) is 4.19. The second-order valence-corrected chi connectivity index (χ2v) is 2.57. The van der Waals surface area contributed by atoms with E-state index in [2.05, 4.69) is 5.32 Å². The molecule has 1 rings (SSSR count). The number of Topliss-reactive ketones (excluding diaryl/α,β-unsaturated/α-hetero) is 1. The molecule has 3 N–H and O–H groups in total. The average molecular weight is 158 g/mol. The molecule has 1 aliphatic heterocycles. The number of nitrogens with two attached hydrogens (primary N) is 1. The van der Waals surface area contributed by atoms with E-state index in [9.17, 15) is 4.79 Å². The summed E-state index contributed by atoms with van der Waals surface area (Å²) in [5.74, 6) is 0.197. The number of nitrogens with one attached hydrogen (secondary N) is 1. The van der Waals surface area contributed by atoms with Gasteiger partial charge in [0.2, 0.25) is 0 Å². The van der Waals surface area contributed by atoms with E-state index in [-0.39, 0.29) is 17.9 Å². The highest BCUT2D eigenvalue weighted by Crippen LogP contribution is 2.03. The van der Waals surface area contributed by atoms with Gasteiger partial charge in [0.15, 0.2) is 0 Å². The van der Waals surface area contributed by atoms with Gasteiger partial charge >= 0.3 is 0 Å². The Morgan fingerprint density at radius 2 is 2.09 bits per heavy atom. The Morgan fingerprint density at radius 1 is 1.55 bits per heavy atom. The first kappa shape index (κ1) is 10.6. The van der Waals surface area contributed by atoms with Crippen LogP contribution in [0, 0.1) is 0 Å². The van der Waals surface area contributed by atoms with Crippen LogP contribution in [0.3, 0.4) is 0 Å². The van der Waals surface area contributed by atoms with Crippen LogP contribution >= 0.6 is 0 Å². The SMILES string of the molecule is CC.CC(=O)C1C[C@@H](N)CN1. The molecule has 0 amide bonds. The van der Waals surface area contributed by atoms with Crippen molar-refractivity contribution >= 4 is 5.78 Å². The Hall–Kier alpha value is -0.410. The molecule has 0 bridgehead atoms. The first-order valence-corrected chi connectivity index (χ1v) is 4.19. The fourth-order valence-electron chi connectivity index (χ4n) is 1.07. The third kappa shape index (κ3) is 3.49. The summed E-state index contributed by atoms with van der Waals surface area (Å²) in [5.41, 5.74) is 5.55. The van der Waals surface area contributed by atoms with Gasteiger partial charge in [0.05, 0.1) is 6.04 Å². The lowest BCUT2D eigenvalue weighted by Gasteiger charge is -2.02. The summed E-state index contributed by atoms with van der Waals surface area (Å²) in [4.78, 5) is 10.7. The van der Waals surface area contributed by atoms with Gasteiger partial charge in [-0.05, 0) is 13.3 Å². The maximum Gasteiger partial charge on any atom is 0.146 e. The summed E-state index contributed by atoms with van der Waals surface area (Å²) in [6.07, 6.45) is 0.801. The molecule has 3 nitrogen and oxygen atoms in total. The maximum atomic E-state index is 10.7. The molecule has 2 atom stereocenters. The number of ketones is 1. The summed E-state index contributed by atoms with van der Waals surface area (Å²) in [5, 5.41) is 3.03. The largest absolute Gasteiger partial charge is 0.326 e. The van der Waals surface area contributed by atoms with Gasteiger partial charge in [0.1, 0.15) is 5.78 Å². The number of carbonyl (C=O) groups is 1. The zero-order valence-electron chi connectivity index (χ0n) is 7.55. The Morgan fingerprint density at radius 3 is 2.27 bits per heavy atom. The lowest BCUT2D eigenvalue weighted by atomic mass is 10.1. The second kappa shape index (κ2) is 5.27. The summed E-state index contributed by atoms with van der Waals surface area (Å²) < 4.78 is 0. The van der Waals surface area contributed by atoms with E-state index in [1.54, 1.807) is 6.92 Å². The zero-order chi connectivity index (χ0) is 8.85. The quantitative estimate of drug-likeness (QED) is 0.576. The Bertz CT molecular complexity index is 125. The van der Waals surface area contributed by atoms with Crippen LogP contribution in [0.25, 0.3) is 0 Å². The van der Waals surface area contributed by atoms with Crippen LogP contribution in [0.1, 0.15) is 27.2 Å². The predicted octanol–water partition coefficient (Wildman–Crippen LogP) is 0.291. The van der Waals surface area contributed by atoms with E-state index in [4.69, 9.17) is 5.73 Å². The predicted molar refractivity (Wildman–Crippen MR) is 46.4 cm³/mol. The van der Waals surface area contributed by atoms with E-state index in [1.807, 2.05) is 13.8 Å². The molecule has 0 aromatic carbocycles. The molecular weight excluding hydrogens is 140 g/mol. The molecule has 1 unspecified atom stereocenters. The van der Waals surface area contributed by atoms with Gasteiger partial charge in [0.25, 0.3) is 0 Å². The summed E-state index contributed by atoms with van der Waals surface area (Å²) >= 11 is 0. The topological polar surface area (TPSA) is 55.1 Å².